The topological polar surface area (TPSA) is 106 Å². The summed E-state index contributed by atoms with van der Waals surface area (Å²) in [6, 6.07) is 7.58. The molecule has 1 amide bonds. The van der Waals surface area contributed by atoms with Crippen LogP contribution in [-0.2, 0) is 11.8 Å². The molecule has 0 radical (unpaired) electrons. The Morgan fingerprint density at radius 3 is 2.71 bits per heavy atom. The largest absolute Gasteiger partial charge is 0.309 e. The lowest BCUT2D eigenvalue weighted by molar-refractivity contribution is -0.118. The molecule has 5 rings (SSSR count). The van der Waals surface area contributed by atoms with Crippen molar-refractivity contribution in [2.24, 2.45) is 13.0 Å². The highest BCUT2D eigenvalue weighted by molar-refractivity contribution is 5.94. The van der Waals surface area contributed by atoms with Crippen LogP contribution < -0.4 is 10.2 Å². The zero-order valence-corrected chi connectivity index (χ0v) is 17.8. The van der Waals surface area contributed by atoms with Crippen LogP contribution in [0.2, 0.25) is 0 Å². The second kappa shape index (κ2) is 7.15. The van der Waals surface area contributed by atoms with Gasteiger partial charge in [-0.1, -0.05) is 13.8 Å². The lowest BCUT2D eigenvalue weighted by atomic mass is 9.91. The number of pyridine rings is 1. The number of aromatic nitrogens is 7. The van der Waals surface area contributed by atoms with Crippen molar-refractivity contribution in [3.8, 4) is 11.3 Å². The van der Waals surface area contributed by atoms with E-state index in [-0.39, 0.29) is 17.7 Å². The molecule has 4 aromatic heterocycles. The number of aryl methyl sites for hydroxylation is 1. The van der Waals surface area contributed by atoms with Gasteiger partial charge in [0.15, 0.2) is 5.65 Å². The second-order valence-electron chi connectivity index (χ2n) is 8.09. The molecule has 158 valence electrons. The Balaban J connectivity index is 1.61. The number of carbonyl (C=O) groups excluding carboxylic acids is 1. The molecule has 0 aromatic carbocycles. The van der Waals surface area contributed by atoms with Gasteiger partial charge in [0.25, 0.3) is 0 Å². The Labute approximate surface area is 179 Å². The first-order valence-corrected chi connectivity index (χ1v) is 10.2. The van der Waals surface area contributed by atoms with E-state index in [1.165, 1.54) is 0 Å². The van der Waals surface area contributed by atoms with E-state index >= 15 is 0 Å². The molecule has 5 heterocycles. The van der Waals surface area contributed by atoms with Crippen molar-refractivity contribution in [2.75, 3.05) is 17.3 Å². The lowest BCUT2D eigenvalue weighted by Gasteiger charge is -2.18. The summed E-state index contributed by atoms with van der Waals surface area (Å²) >= 11 is 0. The Kier molecular flexibility index (Phi) is 4.42. The highest BCUT2D eigenvalue weighted by atomic mass is 16.2. The normalized spacial score (nSPS) is 16.2. The molecule has 4 aromatic rings. The van der Waals surface area contributed by atoms with E-state index in [1.807, 2.05) is 35.7 Å². The standard InChI is InChI=1S/C21H23N9O/c1-12(2)14-11-19(31)28(3)18-10-13(9-17-26-27-20(14)30(17)18)15-5-7-22-21(24-15)25-16-6-8-23-29(16)4/h5-10,12,14H,11H2,1-4H3,(H,22,24,25)/t14-/m1/s1. The lowest BCUT2D eigenvalue weighted by Crippen LogP contribution is -2.27. The third-order valence-electron chi connectivity index (χ3n) is 5.77. The van der Waals surface area contributed by atoms with Crippen molar-refractivity contribution in [1.29, 1.82) is 0 Å². The van der Waals surface area contributed by atoms with Crippen molar-refractivity contribution < 1.29 is 4.79 Å². The molecule has 0 fully saturated rings. The molecular formula is C21H23N9O. The minimum absolute atomic E-state index is 0.0193. The van der Waals surface area contributed by atoms with Gasteiger partial charge in [0, 0.05) is 44.3 Å². The zero-order chi connectivity index (χ0) is 21.7. The highest BCUT2D eigenvalue weighted by Crippen LogP contribution is 2.36. The maximum Gasteiger partial charge on any atom is 0.228 e. The van der Waals surface area contributed by atoms with Crippen LogP contribution in [0.1, 0.15) is 32.0 Å². The fraction of sp³-hybridized carbons (Fsp3) is 0.333. The highest BCUT2D eigenvalue weighted by Gasteiger charge is 2.32. The van der Waals surface area contributed by atoms with Gasteiger partial charge < -0.3 is 10.2 Å². The molecule has 1 aliphatic heterocycles. The van der Waals surface area contributed by atoms with Crippen LogP contribution >= 0.6 is 0 Å². The van der Waals surface area contributed by atoms with Crippen molar-refractivity contribution in [3.63, 3.8) is 0 Å². The fourth-order valence-electron chi connectivity index (χ4n) is 3.93. The van der Waals surface area contributed by atoms with Crippen LogP contribution in [0.3, 0.4) is 0 Å². The third kappa shape index (κ3) is 3.20. The van der Waals surface area contributed by atoms with Gasteiger partial charge in [0.1, 0.15) is 17.5 Å². The van der Waals surface area contributed by atoms with Crippen LogP contribution in [-0.4, -0.2) is 47.3 Å². The van der Waals surface area contributed by atoms with E-state index in [4.69, 9.17) is 0 Å². The maximum atomic E-state index is 12.9. The maximum absolute atomic E-state index is 12.9. The molecule has 0 aliphatic carbocycles. The molecule has 0 saturated carbocycles. The number of hydrogen-bond acceptors (Lipinski definition) is 7. The number of anilines is 3. The summed E-state index contributed by atoms with van der Waals surface area (Å²) in [6.45, 7) is 4.21. The van der Waals surface area contributed by atoms with E-state index in [1.54, 1.807) is 29.0 Å². The first-order chi connectivity index (χ1) is 14.9. The van der Waals surface area contributed by atoms with Gasteiger partial charge in [-0.25, -0.2) is 9.97 Å². The molecule has 1 atom stereocenters. The molecule has 0 bridgehead atoms. The Morgan fingerprint density at radius 2 is 1.97 bits per heavy atom. The molecule has 10 heteroatoms. The number of amides is 1. The van der Waals surface area contributed by atoms with Crippen LogP contribution in [0.5, 0.6) is 0 Å². The zero-order valence-electron chi connectivity index (χ0n) is 17.8. The van der Waals surface area contributed by atoms with Crippen LogP contribution in [0.15, 0.2) is 36.7 Å². The van der Waals surface area contributed by atoms with Gasteiger partial charge in [-0.15, -0.1) is 10.2 Å². The van der Waals surface area contributed by atoms with Gasteiger partial charge in [0.05, 0.1) is 11.9 Å². The third-order valence-corrected chi connectivity index (χ3v) is 5.77. The fourth-order valence-corrected chi connectivity index (χ4v) is 3.93. The van der Waals surface area contributed by atoms with Gasteiger partial charge in [-0.2, -0.15) is 5.10 Å². The second-order valence-corrected chi connectivity index (χ2v) is 8.09. The van der Waals surface area contributed by atoms with E-state index < -0.39 is 0 Å². The molecule has 0 unspecified atom stereocenters. The summed E-state index contributed by atoms with van der Waals surface area (Å²) in [7, 11) is 3.64. The average Bonchev–Trinajstić information content (AvgIpc) is 3.34. The van der Waals surface area contributed by atoms with Crippen molar-refractivity contribution >= 4 is 29.1 Å². The predicted octanol–water partition coefficient (Wildman–Crippen LogP) is 2.77. The van der Waals surface area contributed by atoms with Gasteiger partial charge in [-0.05, 0) is 24.1 Å². The number of hydrogen-bond donors (Lipinski definition) is 1. The summed E-state index contributed by atoms with van der Waals surface area (Å²) < 4.78 is 3.69. The summed E-state index contributed by atoms with van der Waals surface area (Å²) in [6.07, 6.45) is 3.81. The van der Waals surface area contributed by atoms with E-state index in [0.29, 0.717) is 23.7 Å². The molecule has 1 aliphatic rings. The number of nitrogens with one attached hydrogen (secondary N) is 1. The molecular weight excluding hydrogens is 394 g/mol. The molecule has 0 saturated heterocycles. The summed E-state index contributed by atoms with van der Waals surface area (Å²) in [4.78, 5) is 23.5. The van der Waals surface area contributed by atoms with Crippen LogP contribution in [0.4, 0.5) is 17.6 Å². The van der Waals surface area contributed by atoms with E-state index in [2.05, 4.69) is 44.4 Å². The van der Waals surface area contributed by atoms with Crippen LogP contribution in [0, 0.1) is 5.92 Å². The minimum atomic E-state index is 0.0193. The van der Waals surface area contributed by atoms with E-state index in [9.17, 15) is 4.79 Å². The monoisotopic (exact) mass is 417 g/mol. The molecule has 31 heavy (non-hydrogen) atoms. The first-order valence-electron chi connectivity index (χ1n) is 10.2. The summed E-state index contributed by atoms with van der Waals surface area (Å²) in [5, 5.41) is 16.2. The Hall–Kier alpha value is -3.82. The number of rotatable bonds is 4. The quantitative estimate of drug-likeness (QED) is 0.544. The van der Waals surface area contributed by atoms with Gasteiger partial charge >= 0.3 is 0 Å². The smallest absolute Gasteiger partial charge is 0.228 e. The predicted molar refractivity (Wildman–Crippen MR) is 116 cm³/mol. The van der Waals surface area contributed by atoms with Gasteiger partial charge in [-0.3, -0.25) is 13.9 Å². The van der Waals surface area contributed by atoms with Crippen molar-refractivity contribution in [2.45, 2.75) is 26.2 Å². The molecule has 0 spiro atoms. The Morgan fingerprint density at radius 1 is 1.13 bits per heavy atom. The first kappa shape index (κ1) is 19.2. The SMILES string of the molecule is CC(C)[C@H]1CC(=O)N(C)c2cc(-c3ccnc(Nc4ccnn4C)n3)cc3nnc1n23. The number of carbonyl (C=O) groups is 1. The number of nitrogens with zero attached hydrogens (tertiary/aromatic N) is 8. The molecule has 10 nitrogen and oxygen atoms in total. The average molecular weight is 417 g/mol. The van der Waals surface area contributed by atoms with Crippen LogP contribution in [0.25, 0.3) is 16.9 Å². The summed E-state index contributed by atoms with van der Waals surface area (Å²) in [5.74, 6) is 3.16. The Bertz CT molecular complexity index is 1290. The van der Waals surface area contributed by atoms with E-state index in [0.717, 1.165) is 23.0 Å². The van der Waals surface area contributed by atoms with Gasteiger partial charge in [0.2, 0.25) is 11.9 Å². The molecule has 1 N–H and O–H groups in total. The van der Waals surface area contributed by atoms with Crippen molar-refractivity contribution in [1.82, 2.24) is 34.3 Å². The summed E-state index contributed by atoms with van der Waals surface area (Å²) in [5.41, 5.74) is 2.24. The minimum Gasteiger partial charge on any atom is -0.309 e. The van der Waals surface area contributed by atoms with Crippen molar-refractivity contribution in [3.05, 3.63) is 42.5 Å².